The summed E-state index contributed by atoms with van der Waals surface area (Å²) in [6.45, 7) is 3.86. The molecule has 2 aromatic carbocycles. The van der Waals surface area contributed by atoms with Crippen LogP contribution in [0.1, 0.15) is 37.3 Å². The van der Waals surface area contributed by atoms with Crippen LogP contribution in [0.2, 0.25) is 5.02 Å². The van der Waals surface area contributed by atoms with Crippen molar-refractivity contribution in [3.05, 3.63) is 70.8 Å². The van der Waals surface area contributed by atoms with E-state index in [1.807, 2.05) is 25.1 Å². The average molecular weight is 443 g/mol. The number of amides is 1. The molecule has 2 heterocycles. The summed E-state index contributed by atoms with van der Waals surface area (Å²) in [6.07, 6.45) is 1.74. The smallest absolute Gasteiger partial charge is 0.241 e. The Labute approximate surface area is 185 Å². The summed E-state index contributed by atoms with van der Waals surface area (Å²) in [5, 5.41) is 7.66. The fourth-order valence-corrected chi connectivity index (χ4v) is 4.06. The van der Waals surface area contributed by atoms with Crippen LogP contribution in [-0.2, 0) is 11.3 Å². The maximum atomic E-state index is 13.1. The van der Waals surface area contributed by atoms with Gasteiger partial charge in [-0.3, -0.25) is 9.69 Å². The van der Waals surface area contributed by atoms with Crippen LogP contribution in [0.3, 0.4) is 0 Å². The van der Waals surface area contributed by atoms with Crippen molar-refractivity contribution in [2.24, 2.45) is 5.92 Å². The summed E-state index contributed by atoms with van der Waals surface area (Å²) in [5.41, 5.74) is 1.60. The lowest BCUT2D eigenvalue weighted by Crippen LogP contribution is -2.43. The highest BCUT2D eigenvalue weighted by Crippen LogP contribution is 2.26. The standard InChI is InChI=1S/C23H24ClFN4O2/c1-15(16-8-10-18(25)11-9-16)26-23(30)17-5-4-12-29(13-17)14-21-27-22(28-31-21)19-6-2-3-7-20(19)24/h2-3,6-11,15,17H,4-5,12-14H2,1H3,(H,26,30). The minimum absolute atomic E-state index is 0.00353. The summed E-state index contributed by atoms with van der Waals surface area (Å²) < 4.78 is 18.5. The van der Waals surface area contributed by atoms with Gasteiger partial charge in [0.25, 0.3) is 0 Å². The molecule has 1 N–H and O–H groups in total. The van der Waals surface area contributed by atoms with Crippen LogP contribution in [0.25, 0.3) is 11.4 Å². The van der Waals surface area contributed by atoms with Gasteiger partial charge in [0.2, 0.25) is 17.6 Å². The third kappa shape index (κ3) is 5.29. The van der Waals surface area contributed by atoms with Crippen molar-refractivity contribution in [1.29, 1.82) is 0 Å². The normalized spacial score (nSPS) is 18.0. The van der Waals surface area contributed by atoms with Crippen LogP contribution in [0.15, 0.2) is 53.1 Å². The van der Waals surface area contributed by atoms with Crippen LogP contribution >= 0.6 is 11.6 Å². The SMILES string of the molecule is CC(NC(=O)C1CCCN(Cc2nc(-c3ccccc3Cl)no2)C1)c1ccc(F)cc1. The zero-order valence-electron chi connectivity index (χ0n) is 17.2. The molecule has 1 aliphatic heterocycles. The molecule has 1 saturated heterocycles. The molecule has 0 bridgehead atoms. The number of likely N-dealkylation sites (tertiary alicyclic amines) is 1. The second-order valence-electron chi connectivity index (χ2n) is 7.85. The first-order valence-electron chi connectivity index (χ1n) is 10.4. The lowest BCUT2D eigenvalue weighted by Gasteiger charge is -2.31. The maximum Gasteiger partial charge on any atom is 0.241 e. The number of carbonyl (C=O) groups excluding carboxylic acids is 1. The Hall–Kier alpha value is -2.77. The second kappa shape index (κ2) is 9.58. The highest BCUT2D eigenvalue weighted by Gasteiger charge is 2.28. The highest BCUT2D eigenvalue weighted by atomic mass is 35.5. The first kappa shape index (κ1) is 21.5. The minimum Gasteiger partial charge on any atom is -0.349 e. The summed E-state index contributed by atoms with van der Waals surface area (Å²) in [6, 6.07) is 13.4. The maximum absolute atomic E-state index is 13.1. The summed E-state index contributed by atoms with van der Waals surface area (Å²) in [7, 11) is 0. The van der Waals surface area contributed by atoms with Crippen LogP contribution < -0.4 is 5.32 Å². The lowest BCUT2D eigenvalue weighted by atomic mass is 9.96. The van der Waals surface area contributed by atoms with Gasteiger partial charge >= 0.3 is 0 Å². The molecule has 0 aliphatic carbocycles. The van der Waals surface area contributed by atoms with E-state index >= 15 is 0 Å². The molecule has 1 aliphatic rings. The third-order valence-corrected chi connectivity index (χ3v) is 5.88. The highest BCUT2D eigenvalue weighted by molar-refractivity contribution is 6.33. The molecule has 3 aromatic rings. The van der Waals surface area contributed by atoms with E-state index in [1.165, 1.54) is 12.1 Å². The molecule has 0 saturated carbocycles. The number of hydrogen-bond acceptors (Lipinski definition) is 5. The topological polar surface area (TPSA) is 71.3 Å². The molecule has 31 heavy (non-hydrogen) atoms. The number of halogens is 2. The summed E-state index contributed by atoms with van der Waals surface area (Å²) in [4.78, 5) is 19.4. The van der Waals surface area contributed by atoms with Gasteiger partial charge in [-0.15, -0.1) is 0 Å². The zero-order valence-corrected chi connectivity index (χ0v) is 18.0. The van der Waals surface area contributed by atoms with Crippen molar-refractivity contribution in [1.82, 2.24) is 20.4 Å². The Morgan fingerprint density at radius 2 is 2.06 bits per heavy atom. The van der Waals surface area contributed by atoms with Crippen LogP contribution in [0.5, 0.6) is 0 Å². The van der Waals surface area contributed by atoms with Gasteiger partial charge in [0.1, 0.15) is 5.82 Å². The molecule has 6 nitrogen and oxygen atoms in total. The number of piperidine rings is 1. The quantitative estimate of drug-likeness (QED) is 0.603. The van der Waals surface area contributed by atoms with Crippen molar-refractivity contribution < 1.29 is 13.7 Å². The first-order valence-corrected chi connectivity index (χ1v) is 10.7. The van der Waals surface area contributed by atoms with E-state index in [4.69, 9.17) is 16.1 Å². The Morgan fingerprint density at radius 3 is 2.84 bits per heavy atom. The fourth-order valence-electron chi connectivity index (χ4n) is 3.84. The zero-order chi connectivity index (χ0) is 21.8. The molecular formula is C23H24ClFN4O2. The predicted octanol–water partition coefficient (Wildman–Crippen LogP) is 4.62. The van der Waals surface area contributed by atoms with Gasteiger partial charge in [-0.1, -0.05) is 41.0 Å². The third-order valence-electron chi connectivity index (χ3n) is 5.55. The van der Waals surface area contributed by atoms with E-state index in [0.717, 1.165) is 30.5 Å². The summed E-state index contributed by atoms with van der Waals surface area (Å²) >= 11 is 6.21. The van der Waals surface area contributed by atoms with Crippen molar-refractivity contribution in [3.63, 3.8) is 0 Å². The molecule has 0 spiro atoms. The number of benzene rings is 2. The molecule has 2 atom stereocenters. The minimum atomic E-state index is -0.288. The van der Waals surface area contributed by atoms with Gasteiger partial charge in [-0.05, 0) is 56.1 Å². The van der Waals surface area contributed by atoms with Gasteiger partial charge in [0.05, 0.1) is 23.5 Å². The van der Waals surface area contributed by atoms with E-state index < -0.39 is 0 Å². The Balaban J connectivity index is 1.35. The predicted molar refractivity (Wildman–Crippen MR) is 116 cm³/mol. The Kier molecular flexibility index (Phi) is 6.63. The number of rotatable bonds is 6. The van der Waals surface area contributed by atoms with E-state index in [9.17, 15) is 9.18 Å². The number of nitrogens with zero attached hydrogens (tertiary/aromatic N) is 3. The van der Waals surface area contributed by atoms with E-state index in [1.54, 1.807) is 18.2 Å². The van der Waals surface area contributed by atoms with E-state index in [2.05, 4.69) is 20.4 Å². The molecule has 4 rings (SSSR count). The van der Waals surface area contributed by atoms with E-state index in [0.29, 0.717) is 29.8 Å². The Morgan fingerprint density at radius 1 is 1.29 bits per heavy atom. The Bertz CT molecular complexity index is 1040. The van der Waals surface area contributed by atoms with Crippen LogP contribution in [-0.4, -0.2) is 34.0 Å². The van der Waals surface area contributed by atoms with Crippen molar-refractivity contribution in [2.75, 3.05) is 13.1 Å². The number of nitrogens with one attached hydrogen (secondary N) is 1. The van der Waals surface area contributed by atoms with Crippen molar-refractivity contribution >= 4 is 17.5 Å². The molecule has 1 aromatic heterocycles. The molecule has 1 fully saturated rings. The van der Waals surface area contributed by atoms with Gasteiger partial charge in [-0.25, -0.2) is 4.39 Å². The van der Waals surface area contributed by atoms with Gasteiger partial charge in [0.15, 0.2) is 0 Å². The molecule has 0 radical (unpaired) electrons. The van der Waals surface area contributed by atoms with Gasteiger partial charge < -0.3 is 9.84 Å². The van der Waals surface area contributed by atoms with Crippen LogP contribution in [0, 0.1) is 11.7 Å². The summed E-state index contributed by atoms with van der Waals surface area (Å²) in [5.74, 6) is 0.547. The fraction of sp³-hybridized carbons (Fsp3) is 0.348. The number of aromatic nitrogens is 2. The van der Waals surface area contributed by atoms with Gasteiger partial charge in [-0.2, -0.15) is 4.98 Å². The molecule has 162 valence electrons. The monoisotopic (exact) mass is 442 g/mol. The van der Waals surface area contributed by atoms with Crippen LogP contribution in [0.4, 0.5) is 4.39 Å². The largest absolute Gasteiger partial charge is 0.349 e. The molecular weight excluding hydrogens is 419 g/mol. The number of hydrogen-bond donors (Lipinski definition) is 1. The first-order chi connectivity index (χ1) is 15.0. The molecule has 8 heteroatoms. The number of carbonyl (C=O) groups is 1. The average Bonchev–Trinajstić information content (AvgIpc) is 3.22. The van der Waals surface area contributed by atoms with E-state index in [-0.39, 0.29) is 23.7 Å². The molecule has 1 amide bonds. The second-order valence-corrected chi connectivity index (χ2v) is 8.25. The van der Waals surface area contributed by atoms with Crippen molar-refractivity contribution in [2.45, 2.75) is 32.4 Å². The van der Waals surface area contributed by atoms with Crippen molar-refractivity contribution in [3.8, 4) is 11.4 Å². The molecule has 2 unspecified atom stereocenters. The van der Waals surface area contributed by atoms with Gasteiger partial charge in [0, 0.05) is 12.1 Å². The lowest BCUT2D eigenvalue weighted by molar-refractivity contribution is -0.127.